The summed E-state index contributed by atoms with van der Waals surface area (Å²) in [7, 11) is 0. The SMILES string of the molecule is CCC(OC(=O)c1ccc(N)cc1)C(O)CO. The standard InChI is InChI=1S/C12H17NO4/c1-2-11(10(15)7-14)17-12(16)8-3-5-9(13)6-4-8/h3-6,10-11,14-15H,2,7,13H2,1H3. The molecule has 0 aliphatic rings. The van der Waals surface area contributed by atoms with E-state index in [9.17, 15) is 9.90 Å². The van der Waals surface area contributed by atoms with Crippen LogP contribution in [0.4, 0.5) is 5.69 Å². The van der Waals surface area contributed by atoms with Gasteiger partial charge in [-0.2, -0.15) is 0 Å². The van der Waals surface area contributed by atoms with Crippen molar-refractivity contribution < 1.29 is 19.7 Å². The fourth-order valence-electron chi connectivity index (χ4n) is 1.38. The molecule has 0 bridgehead atoms. The monoisotopic (exact) mass is 239 g/mol. The van der Waals surface area contributed by atoms with Gasteiger partial charge < -0.3 is 20.7 Å². The van der Waals surface area contributed by atoms with Crippen LogP contribution in [-0.2, 0) is 4.74 Å². The molecule has 2 unspecified atom stereocenters. The lowest BCUT2D eigenvalue weighted by molar-refractivity contribution is -0.0381. The Morgan fingerprint density at radius 3 is 2.47 bits per heavy atom. The first-order chi connectivity index (χ1) is 8.08. The number of esters is 1. The average Bonchev–Trinajstić information content (AvgIpc) is 2.35. The third-order valence-corrected chi connectivity index (χ3v) is 2.42. The van der Waals surface area contributed by atoms with E-state index in [1.165, 1.54) is 0 Å². The Labute approximate surface area is 99.8 Å². The van der Waals surface area contributed by atoms with E-state index in [2.05, 4.69) is 0 Å². The summed E-state index contributed by atoms with van der Waals surface area (Å²) >= 11 is 0. The number of carbonyl (C=O) groups excluding carboxylic acids is 1. The van der Waals surface area contributed by atoms with E-state index in [1.54, 1.807) is 31.2 Å². The second kappa shape index (κ2) is 6.22. The fourth-order valence-corrected chi connectivity index (χ4v) is 1.38. The fraction of sp³-hybridized carbons (Fsp3) is 0.417. The van der Waals surface area contributed by atoms with Gasteiger partial charge in [0.05, 0.1) is 12.2 Å². The molecule has 0 fully saturated rings. The Hall–Kier alpha value is -1.59. The highest BCUT2D eigenvalue weighted by molar-refractivity contribution is 5.89. The predicted molar refractivity (Wildman–Crippen MR) is 63.4 cm³/mol. The first kappa shape index (κ1) is 13.5. The molecule has 2 atom stereocenters. The lowest BCUT2D eigenvalue weighted by Crippen LogP contribution is -2.33. The van der Waals surface area contributed by atoms with Gasteiger partial charge in [-0.05, 0) is 30.7 Å². The van der Waals surface area contributed by atoms with Crippen LogP contribution in [-0.4, -0.2) is 35.0 Å². The van der Waals surface area contributed by atoms with Crippen molar-refractivity contribution in [3.05, 3.63) is 29.8 Å². The summed E-state index contributed by atoms with van der Waals surface area (Å²) < 4.78 is 5.09. The maximum absolute atomic E-state index is 11.7. The summed E-state index contributed by atoms with van der Waals surface area (Å²) in [5.74, 6) is -0.538. The number of benzene rings is 1. The highest BCUT2D eigenvalue weighted by Gasteiger charge is 2.21. The first-order valence-electron chi connectivity index (χ1n) is 5.44. The van der Waals surface area contributed by atoms with Gasteiger partial charge in [0, 0.05) is 5.69 Å². The number of hydrogen-bond acceptors (Lipinski definition) is 5. The molecular formula is C12H17NO4. The van der Waals surface area contributed by atoms with Crippen LogP contribution in [0.5, 0.6) is 0 Å². The van der Waals surface area contributed by atoms with Gasteiger partial charge in [-0.15, -0.1) is 0 Å². The van der Waals surface area contributed by atoms with Crippen LogP contribution in [0.1, 0.15) is 23.7 Å². The van der Waals surface area contributed by atoms with Crippen LogP contribution < -0.4 is 5.73 Å². The van der Waals surface area contributed by atoms with Crippen molar-refractivity contribution in [1.29, 1.82) is 0 Å². The van der Waals surface area contributed by atoms with Gasteiger partial charge in [0.15, 0.2) is 0 Å². The van der Waals surface area contributed by atoms with Gasteiger partial charge >= 0.3 is 5.97 Å². The summed E-state index contributed by atoms with van der Waals surface area (Å²) in [6, 6.07) is 6.30. The molecule has 4 N–H and O–H groups in total. The Morgan fingerprint density at radius 2 is 2.00 bits per heavy atom. The van der Waals surface area contributed by atoms with Crippen molar-refractivity contribution in [3.63, 3.8) is 0 Å². The van der Waals surface area contributed by atoms with Gasteiger partial charge in [-0.25, -0.2) is 4.79 Å². The highest BCUT2D eigenvalue weighted by atomic mass is 16.6. The predicted octanol–water partition coefficient (Wildman–Crippen LogP) is 0.557. The minimum atomic E-state index is -1.06. The molecule has 0 radical (unpaired) electrons. The van der Waals surface area contributed by atoms with Gasteiger partial charge in [-0.3, -0.25) is 0 Å². The molecule has 17 heavy (non-hydrogen) atoms. The van der Waals surface area contributed by atoms with E-state index in [1.807, 2.05) is 0 Å². The van der Waals surface area contributed by atoms with Crippen molar-refractivity contribution >= 4 is 11.7 Å². The molecule has 0 amide bonds. The van der Waals surface area contributed by atoms with E-state index in [4.69, 9.17) is 15.6 Å². The molecule has 0 heterocycles. The number of nitrogen functional groups attached to an aromatic ring is 1. The Morgan fingerprint density at radius 1 is 1.41 bits per heavy atom. The van der Waals surface area contributed by atoms with E-state index < -0.39 is 24.8 Å². The molecule has 94 valence electrons. The van der Waals surface area contributed by atoms with Gasteiger partial charge in [0.2, 0.25) is 0 Å². The Kier molecular flexibility index (Phi) is 4.93. The number of carbonyl (C=O) groups is 1. The van der Waals surface area contributed by atoms with Crippen molar-refractivity contribution in [2.45, 2.75) is 25.6 Å². The molecule has 1 aromatic carbocycles. The summed E-state index contributed by atoms with van der Waals surface area (Å²) in [6.45, 7) is 1.33. The first-order valence-corrected chi connectivity index (χ1v) is 5.44. The van der Waals surface area contributed by atoms with E-state index in [0.717, 1.165) is 0 Å². The number of rotatable bonds is 5. The molecule has 1 aromatic rings. The van der Waals surface area contributed by atoms with E-state index in [0.29, 0.717) is 17.7 Å². The van der Waals surface area contributed by atoms with E-state index in [-0.39, 0.29) is 0 Å². The zero-order valence-corrected chi connectivity index (χ0v) is 9.67. The lowest BCUT2D eigenvalue weighted by Gasteiger charge is -2.20. The van der Waals surface area contributed by atoms with Crippen LogP contribution in [0.15, 0.2) is 24.3 Å². The Balaban J connectivity index is 2.67. The number of aliphatic hydroxyl groups excluding tert-OH is 2. The smallest absolute Gasteiger partial charge is 0.338 e. The minimum Gasteiger partial charge on any atom is -0.456 e. The Bertz CT molecular complexity index is 363. The molecule has 0 aliphatic heterocycles. The molecular weight excluding hydrogens is 222 g/mol. The number of anilines is 1. The van der Waals surface area contributed by atoms with Crippen LogP contribution in [0, 0.1) is 0 Å². The zero-order valence-electron chi connectivity index (χ0n) is 9.67. The number of hydrogen-bond donors (Lipinski definition) is 3. The molecule has 5 nitrogen and oxygen atoms in total. The van der Waals surface area contributed by atoms with Crippen LogP contribution in [0.25, 0.3) is 0 Å². The van der Waals surface area contributed by atoms with Crippen LogP contribution in [0.3, 0.4) is 0 Å². The number of aliphatic hydroxyl groups is 2. The summed E-state index contributed by atoms with van der Waals surface area (Å²) in [5, 5.41) is 18.2. The minimum absolute atomic E-state index is 0.364. The van der Waals surface area contributed by atoms with Crippen molar-refractivity contribution in [2.24, 2.45) is 0 Å². The van der Waals surface area contributed by atoms with E-state index >= 15 is 0 Å². The molecule has 0 saturated carbocycles. The number of nitrogens with two attached hydrogens (primary N) is 1. The summed E-state index contributed by atoms with van der Waals surface area (Å²) in [6.07, 6.45) is -1.33. The molecule has 0 spiro atoms. The number of ether oxygens (including phenoxy) is 1. The maximum Gasteiger partial charge on any atom is 0.338 e. The molecule has 0 saturated heterocycles. The third kappa shape index (κ3) is 3.72. The molecule has 0 aromatic heterocycles. The zero-order chi connectivity index (χ0) is 12.8. The second-order valence-corrected chi connectivity index (χ2v) is 3.72. The van der Waals surface area contributed by atoms with Gasteiger partial charge in [0.25, 0.3) is 0 Å². The van der Waals surface area contributed by atoms with Gasteiger partial charge in [-0.1, -0.05) is 6.92 Å². The third-order valence-electron chi connectivity index (χ3n) is 2.42. The van der Waals surface area contributed by atoms with Crippen molar-refractivity contribution in [3.8, 4) is 0 Å². The van der Waals surface area contributed by atoms with Gasteiger partial charge in [0.1, 0.15) is 12.2 Å². The molecule has 5 heteroatoms. The summed E-state index contributed by atoms with van der Waals surface area (Å²) in [4.78, 5) is 11.7. The largest absolute Gasteiger partial charge is 0.456 e. The second-order valence-electron chi connectivity index (χ2n) is 3.72. The van der Waals surface area contributed by atoms with Crippen molar-refractivity contribution in [2.75, 3.05) is 12.3 Å². The maximum atomic E-state index is 11.7. The molecule has 0 aliphatic carbocycles. The average molecular weight is 239 g/mol. The lowest BCUT2D eigenvalue weighted by atomic mass is 10.1. The van der Waals surface area contributed by atoms with Crippen molar-refractivity contribution in [1.82, 2.24) is 0 Å². The topological polar surface area (TPSA) is 92.8 Å². The quantitative estimate of drug-likeness (QED) is 0.515. The van der Waals surface area contributed by atoms with Crippen LogP contribution >= 0.6 is 0 Å². The van der Waals surface area contributed by atoms with Crippen LogP contribution in [0.2, 0.25) is 0 Å². The normalized spacial score (nSPS) is 14.1. The summed E-state index contributed by atoms with van der Waals surface area (Å²) in [5.41, 5.74) is 6.42. The highest BCUT2D eigenvalue weighted by Crippen LogP contribution is 2.11. The molecule has 1 rings (SSSR count).